The number of hydrogen-bond acceptors (Lipinski definition) is 2. The Hall–Kier alpha value is -7.71. The van der Waals surface area contributed by atoms with Gasteiger partial charge in [0.1, 0.15) is 0 Å². The maximum atomic E-state index is 2.61. The molecule has 0 bridgehead atoms. The molecule has 0 aliphatic rings. The van der Waals surface area contributed by atoms with Gasteiger partial charge in [-0.15, -0.1) is 22.7 Å². The van der Waals surface area contributed by atoms with E-state index in [2.05, 4.69) is 267 Å². The summed E-state index contributed by atoms with van der Waals surface area (Å²) in [7, 11) is -5.95. The molecule has 0 fully saturated rings. The van der Waals surface area contributed by atoms with Gasteiger partial charge in [-0.3, -0.25) is 0 Å². The molecular weight excluding hydrogens is 913 g/mol. The number of thiophene rings is 2. The van der Waals surface area contributed by atoms with Crippen molar-refractivity contribution in [2.45, 2.75) is 0 Å². The molecule has 0 aliphatic carbocycles. The minimum atomic E-state index is -2.99. The van der Waals surface area contributed by atoms with Crippen molar-refractivity contribution < 1.29 is 0 Å². The zero-order valence-corrected chi connectivity index (χ0v) is 41.9. The largest absolute Gasteiger partial charge is 0.181 e. The van der Waals surface area contributed by atoms with Crippen molar-refractivity contribution in [2.24, 2.45) is 0 Å². The molecule has 70 heavy (non-hydrogen) atoms. The van der Waals surface area contributed by atoms with Crippen LogP contribution in [0.2, 0.25) is 0 Å². The Bertz CT molecular complexity index is 4180. The molecule has 0 radical (unpaired) electrons. The highest BCUT2D eigenvalue weighted by Gasteiger charge is 2.44. The molecule has 14 aromatic rings. The molecule has 0 aliphatic heterocycles. The van der Waals surface area contributed by atoms with Gasteiger partial charge in [0.25, 0.3) is 0 Å². The van der Waals surface area contributed by atoms with E-state index >= 15 is 0 Å². The molecule has 2 heterocycles. The van der Waals surface area contributed by atoms with Crippen LogP contribution in [0.3, 0.4) is 0 Å². The van der Waals surface area contributed by atoms with Crippen LogP contribution in [0.25, 0.3) is 72.7 Å². The predicted octanol–water partition coefficient (Wildman–Crippen LogP) is 12.6. The number of benzene rings is 12. The average molecular weight is 957 g/mol. The van der Waals surface area contributed by atoms with E-state index in [0.29, 0.717) is 0 Å². The first-order chi connectivity index (χ1) is 34.7. The van der Waals surface area contributed by atoms with E-state index in [1.165, 1.54) is 114 Å². The van der Waals surface area contributed by atoms with Crippen molar-refractivity contribution in [3.63, 3.8) is 0 Å². The van der Waals surface area contributed by atoms with Crippen LogP contribution in [0.1, 0.15) is 0 Å². The van der Waals surface area contributed by atoms with E-state index in [-0.39, 0.29) is 0 Å². The van der Waals surface area contributed by atoms with Gasteiger partial charge >= 0.3 is 0 Å². The van der Waals surface area contributed by atoms with Crippen molar-refractivity contribution in [3.05, 3.63) is 267 Å². The third kappa shape index (κ3) is 6.11. The first-order valence-corrected chi connectivity index (χ1v) is 29.8. The molecule has 0 saturated heterocycles. The number of fused-ring (bicyclic) bond motifs is 12. The second-order valence-corrected chi connectivity index (χ2v) is 28.3. The van der Waals surface area contributed by atoms with Gasteiger partial charge in [0.2, 0.25) is 0 Å². The molecule has 328 valence electrons. The zero-order valence-electron chi connectivity index (χ0n) is 38.2. The highest BCUT2D eigenvalue weighted by molar-refractivity contribution is 7.31. The van der Waals surface area contributed by atoms with Crippen molar-refractivity contribution in [1.29, 1.82) is 0 Å². The van der Waals surface area contributed by atoms with Crippen molar-refractivity contribution >= 4 is 153 Å². The van der Waals surface area contributed by atoms with E-state index in [1.807, 2.05) is 22.7 Å². The van der Waals surface area contributed by atoms with Crippen LogP contribution in [0.5, 0.6) is 0 Å². The van der Waals surface area contributed by atoms with Gasteiger partial charge in [-0.25, -0.2) is 0 Å². The molecule has 14 rings (SSSR count). The smallest absolute Gasteiger partial charge is 0.135 e. The van der Waals surface area contributed by atoms with Crippen molar-refractivity contribution in [3.8, 4) is 0 Å². The Morgan fingerprint density at radius 1 is 0.200 bits per heavy atom. The summed E-state index contributed by atoms with van der Waals surface area (Å²) < 4.78 is 5.35. The lowest BCUT2D eigenvalue weighted by Crippen LogP contribution is -2.74. The van der Waals surface area contributed by atoms with Crippen LogP contribution in [0, 0.1) is 0 Å². The molecule has 0 amide bonds. The first kappa shape index (κ1) is 41.3. The summed E-state index contributed by atoms with van der Waals surface area (Å²) in [4.78, 5) is 0. The summed E-state index contributed by atoms with van der Waals surface area (Å²) in [5.41, 5.74) is 0. The van der Waals surface area contributed by atoms with E-state index in [1.54, 1.807) is 0 Å². The summed E-state index contributed by atoms with van der Waals surface area (Å²) in [6, 6.07) is 102. The minimum Gasteiger partial charge on any atom is -0.135 e. The topological polar surface area (TPSA) is 0 Å². The molecule has 4 heteroatoms. The Kier molecular flexibility index (Phi) is 9.72. The fourth-order valence-electron chi connectivity index (χ4n) is 12.1. The molecule has 0 unspecified atom stereocenters. The summed E-state index contributed by atoms with van der Waals surface area (Å²) in [6.45, 7) is 0. The van der Waals surface area contributed by atoms with Gasteiger partial charge in [-0.1, -0.05) is 249 Å². The summed E-state index contributed by atoms with van der Waals surface area (Å²) in [6.07, 6.45) is 0. The standard InChI is InChI=1S/C66H44S2Si2/c1-5-20-45(21-6-1)69(46-22-7-2-8-23-46,49-36-39-56-54-30-14-13-28-52(54)53-29-15-16-31-55(53)59(56)42-49)50-37-40-63-60(43-50)61-44-51(38-41-64(61)67-63)70(47-24-9-3-10-25-47,48-26-11-4-12-27-48)65-35-19-33-58-57-32-17-18-34-62(57)68-66(58)65/h1-44H. The molecule has 12 aromatic carbocycles. The van der Waals surface area contributed by atoms with Gasteiger partial charge in [0.15, 0.2) is 16.1 Å². The van der Waals surface area contributed by atoms with Crippen LogP contribution in [-0.4, -0.2) is 16.1 Å². The summed E-state index contributed by atoms with van der Waals surface area (Å²) in [5, 5.41) is 24.3. The lowest BCUT2D eigenvalue weighted by molar-refractivity contribution is 1.69. The van der Waals surface area contributed by atoms with Gasteiger partial charge in [0.05, 0.1) is 0 Å². The highest BCUT2D eigenvalue weighted by Crippen LogP contribution is 2.38. The zero-order chi connectivity index (χ0) is 46.2. The second-order valence-electron chi connectivity index (χ2n) is 18.6. The van der Waals surface area contributed by atoms with Gasteiger partial charge in [-0.05, 0) is 92.0 Å². The van der Waals surface area contributed by atoms with Crippen LogP contribution in [0.15, 0.2) is 267 Å². The lowest BCUT2D eigenvalue weighted by atomic mass is 9.94. The van der Waals surface area contributed by atoms with Gasteiger partial charge in [-0.2, -0.15) is 0 Å². The van der Waals surface area contributed by atoms with Crippen LogP contribution in [0.4, 0.5) is 0 Å². The summed E-state index contributed by atoms with van der Waals surface area (Å²) in [5.74, 6) is 0. The third-order valence-corrected chi connectivity index (χ3v) is 27.3. The Morgan fingerprint density at radius 3 is 1.07 bits per heavy atom. The molecule has 0 saturated carbocycles. The fraction of sp³-hybridized carbons (Fsp3) is 0. The van der Waals surface area contributed by atoms with E-state index in [0.717, 1.165) is 0 Å². The minimum absolute atomic E-state index is 1.30. The molecular formula is C66H44S2Si2. The van der Waals surface area contributed by atoms with E-state index in [4.69, 9.17) is 0 Å². The fourth-order valence-corrected chi connectivity index (χ4v) is 24.6. The quantitative estimate of drug-likeness (QED) is 0.0809. The second kappa shape index (κ2) is 16.5. The number of hydrogen-bond donors (Lipinski definition) is 0. The molecule has 0 nitrogen and oxygen atoms in total. The predicted molar refractivity (Wildman–Crippen MR) is 312 cm³/mol. The van der Waals surface area contributed by atoms with Crippen molar-refractivity contribution in [1.82, 2.24) is 0 Å². The monoisotopic (exact) mass is 956 g/mol. The molecule has 0 atom stereocenters. The Morgan fingerprint density at radius 2 is 0.557 bits per heavy atom. The first-order valence-electron chi connectivity index (χ1n) is 24.1. The SMILES string of the molecule is c1ccc([Si](c2ccccc2)(c2ccc3sc4ccc([Si](c5ccccc5)(c5ccccc5)c5cccc6c5sc5ccccc56)cc4c3c2)c2ccc3c4ccccc4c4ccccc4c3c2)cc1. The van der Waals surface area contributed by atoms with Gasteiger partial charge < -0.3 is 0 Å². The normalized spacial score (nSPS) is 12.3. The molecule has 2 aromatic heterocycles. The van der Waals surface area contributed by atoms with Crippen LogP contribution < -0.4 is 41.5 Å². The Balaban J connectivity index is 1.07. The average Bonchev–Trinajstić information content (AvgIpc) is 4.01. The third-order valence-electron chi connectivity index (χ3n) is 15.1. The maximum Gasteiger partial charge on any atom is 0.181 e. The van der Waals surface area contributed by atoms with E-state index < -0.39 is 16.1 Å². The molecule has 0 N–H and O–H groups in total. The van der Waals surface area contributed by atoms with Crippen molar-refractivity contribution in [2.75, 3.05) is 0 Å². The highest BCUT2D eigenvalue weighted by atomic mass is 32.1. The Labute approximate surface area is 417 Å². The van der Waals surface area contributed by atoms with Gasteiger partial charge in [0, 0.05) is 40.3 Å². The summed E-state index contributed by atoms with van der Waals surface area (Å²) >= 11 is 3.87. The van der Waals surface area contributed by atoms with E-state index in [9.17, 15) is 0 Å². The van der Waals surface area contributed by atoms with Crippen LogP contribution >= 0.6 is 22.7 Å². The lowest BCUT2D eigenvalue weighted by Gasteiger charge is -2.35. The molecule has 0 spiro atoms. The van der Waals surface area contributed by atoms with Crippen LogP contribution in [-0.2, 0) is 0 Å². The number of rotatable bonds is 8. The maximum absolute atomic E-state index is 2.99.